The highest BCUT2D eigenvalue weighted by atomic mass is 79.9. The maximum absolute atomic E-state index is 9.99. The summed E-state index contributed by atoms with van der Waals surface area (Å²) in [5.41, 5.74) is 3.48. The molecule has 17 heavy (non-hydrogen) atoms. The fraction of sp³-hybridized carbons (Fsp3) is 0.571. The molecule has 2 N–H and O–H groups in total. The molecule has 1 aliphatic carbocycles. The number of halogens is 1. The zero-order valence-electron chi connectivity index (χ0n) is 10.8. The second-order valence-corrected chi connectivity index (χ2v) is 5.13. The summed E-state index contributed by atoms with van der Waals surface area (Å²) < 4.78 is 0. The summed E-state index contributed by atoms with van der Waals surface area (Å²) >= 11 is 0. The molecule has 1 aromatic rings. The molecule has 1 aromatic carbocycles. The molecule has 0 saturated carbocycles. The van der Waals surface area contributed by atoms with Crippen LogP contribution >= 0.6 is 17.0 Å². The van der Waals surface area contributed by atoms with Gasteiger partial charge in [0.1, 0.15) is 5.75 Å². The monoisotopic (exact) mass is 299 g/mol. The van der Waals surface area contributed by atoms with Gasteiger partial charge in [-0.25, -0.2) is 0 Å². The minimum atomic E-state index is 0. The van der Waals surface area contributed by atoms with E-state index in [1.54, 1.807) is 0 Å². The number of benzene rings is 1. The molecule has 0 aliphatic heterocycles. The predicted molar refractivity (Wildman–Crippen MR) is 77.3 cm³/mol. The first-order valence-corrected chi connectivity index (χ1v) is 6.14. The zero-order chi connectivity index (χ0) is 11.7. The number of hydrogen-bond donors (Lipinski definition) is 2. The first kappa shape index (κ1) is 14.5. The van der Waals surface area contributed by atoms with E-state index in [0.717, 1.165) is 24.8 Å². The van der Waals surface area contributed by atoms with Crippen molar-refractivity contribution in [2.24, 2.45) is 0 Å². The molecular formula is C14H22BrNO. The van der Waals surface area contributed by atoms with Crippen molar-refractivity contribution in [3.8, 4) is 5.75 Å². The molecule has 0 saturated heterocycles. The maximum atomic E-state index is 9.99. The Bertz CT molecular complexity index is 390. The second-order valence-electron chi connectivity index (χ2n) is 5.13. The zero-order valence-corrected chi connectivity index (χ0v) is 12.5. The molecule has 1 unspecified atom stereocenters. The van der Waals surface area contributed by atoms with E-state index >= 15 is 0 Å². The van der Waals surface area contributed by atoms with Crippen molar-refractivity contribution in [1.82, 2.24) is 5.32 Å². The average molecular weight is 300 g/mol. The van der Waals surface area contributed by atoms with Crippen molar-refractivity contribution < 1.29 is 5.11 Å². The number of fused-ring (bicyclic) bond motifs is 1. The molecule has 2 nitrogen and oxygen atoms in total. The third kappa shape index (κ3) is 3.23. The van der Waals surface area contributed by atoms with Crippen LogP contribution in [-0.2, 0) is 12.8 Å². The number of aromatic hydroxyl groups is 1. The lowest BCUT2D eigenvalue weighted by atomic mass is 9.86. The van der Waals surface area contributed by atoms with Crippen LogP contribution in [0.15, 0.2) is 12.1 Å². The van der Waals surface area contributed by atoms with Gasteiger partial charge in [0.2, 0.25) is 0 Å². The quantitative estimate of drug-likeness (QED) is 0.879. The third-order valence-electron chi connectivity index (χ3n) is 3.36. The van der Waals surface area contributed by atoms with Crippen LogP contribution in [0, 0.1) is 6.92 Å². The lowest BCUT2D eigenvalue weighted by molar-refractivity contribution is 0.407. The van der Waals surface area contributed by atoms with Crippen LogP contribution < -0.4 is 5.32 Å². The molecule has 3 heteroatoms. The van der Waals surface area contributed by atoms with E-state index in [1.807, 2.05) is 13.0 Å². The number of aryl methyl sites for hydroxylation is 1. The van der Waals surface area contributed by atoms with Gasteiger partial charge in [-0.2, -0.15) is 0 Å². The summed E-state index contributed by atoms with van der Waals surface area (Å²) in [7, 11) is 0. The SMILES string of the molecule is Br.Cc1ccc2c(c1O)CCC(NC(C)C)C2. The maximum Gasteiger partial charge on any atom is 0.121 e. The molecule has 0 radical (unpaired) electrons. The third-order valence-corrected chi connectivity index (χ3v) is 3.36. The van der Waals surface area contributed by atoms with Crippen LogP contribution in [0.3, 0.4) is 0 Å². The first-order chi connectivity index (χ1) is 7.58. The Hall–Kier alpha value is -0.540. The predicted octanol–water partition coefficient (Wildman–Crippen LogP) is 3.13. The number of nitrogens with one attached hydrogen (secondary N) is 1. The van der Waals surface area contributed by atoms with E-state index in [9.17, 15) is 5.11 Å². The molecule has 1 atom stereocenters. The number of rotatable bonds is 2. The molecule has 0 aromatic heterocycles. The molecule has 0 spiro atoms. The highest BCUT2D eigenvalue weighted by molar-refractivity contribution is 8.93. The number of hydrogen-bond acceptors (Lipinski definition) is 2. The Morgan fingerprint density at radius 2 is 2.06 bits per heavy atom. The van der Waals surface area contributed by atoms with E-state index in [4.69, 9.17) is 0 Å². The fourth-order valence-corrected chi connectivity index (χ4v) is 2.57. The minimum Gasteiger partial charge on any atom is -0.507 e. The van der Waals surface area contributed by atoms with Crippen molar-refractivity contribution in [1.29, 1.82) is 0 Å². The molecule has 2 rings (SSSR count). The summed E-state index contributed by atoms with van der Waals surface area (Å²) in [6.45, 7) is 6.33. The topological polar surface area (TPSA) is 32.3 Å². The van der Waals surface area contributed by atoms with Gasteiger partial charge >= 0.3 is 0 Å². The van der Waals surface area contributed by atoms with E-state index in [-0.39, 0.29) is 17.0 Å². The summed E-state index contributed by atoms with van der Waals surface area (Å²) in [5, 5.41) is 13.6. The van der Waals surface area contributed by atoms with Crippen LogP contribution in [0.2, 0.25) is 0 Å². The van der Waals surface area contributed by atoms with E-state index < -0.39 is 0 Å². The van der Waals surface area contributed by atoms with Crippen LogP contribution in [0.4, 0.5) is 0 Å². The summed E-state index contributed by atoms with van der Waals surface area (Å²) in [4.78, 5) is 0. The van der Waals surface area contributed by atoms with Crippen molar-refractivity contribution in [2.75, 3.05) is 0 Å². The minimum absolute atomic E-state index is 0. The van der Waals surface area contributed by atoms with Crippen molar-refractivity contribution >= 4 is 17.0 Å². The molecule has 0 bridgehead atoms. The summed E-state index contributed by atoms with van der Waals surface area (Å²) in [6.07, 6.45) is 3.16. The Balaban J connectivity index is 0.00000144. The number of phenolic OH excluding ortho intramolecular Hbond substituents is 1. The highest BCUT2D eigenvalue weighted by Crippen LogP contribution is 2.31. The molecule has 0 fully saturated rings. The first-order valence-electron chi connectivity index (χ1n) is 6.14. The van der Waals surface area contributed by atoms with Crippen LogP contribution in [0.5, 0.6) is 5.75 Å². The molecule has 1 aliphatic rings. The molecule has 0 amide bonds. The van der Waals surface area contributed by atoms with Gasteiger partial charge in [0.25, 0.3) is 0 Å². The fourth-order valence-electron chi connectivity index (χ4n) is 2.57. The Morgan fingerprint density at radius 1 is 1.35 bits per heavy atom. The summed E-state index contributed by atoms with van der Waals surface area (Å²) in [5.74, 6) is 0.514. The van der Waals surface area contributed by atoms with Gasteiger partial charge in [-0.15, -0.1) is 17.0 Å². The molecule has 96 valence electrons. The van der Waals surface area contributed by atoms with Crippen molar-refractivity contribution in [3.63, 3.8) is 0 Å². The van der Waals surface area contributed by atoms with E-state index in [0.29, 0.717) is 17.8 Å². The van der Waals surface area contributed by atoms with Crippen LogP contribution in [0.1, 0.15) is 37.0 Å². The van der Waals surface area contributed by atoms with Gasteiger partial charge in [-0.3, -0.25) is 0 Å². The van der Waals surface area contributed by atoms with E-state index in [1.165, 1.54) is 11.1 Å². The Kier molecular flexibility index (Phi) is 5.02. The van der Waals surface area contributed by atoms with E-state index in [2.05, 4.69) is 25.2 Å². The van der Waals surface area contributed by atoms with Gasteiger partial charge in [0.15, 0.2) is 0 Å². The Labute approximate surface area is 114 Å². The lowest BCUT2D eigenvalue weighted by Crippen LogP contribution is -2.38. The van der Waals surface area contributed by atoms with Gasteiger partial charge in [-0.1, -0.05) is 26.0 Å². The van der Waals surface area contributed by atoms with Gasteiger partial charge in [-0.05, 0) is 42.9 Å². The van der Waals surface area contributed by atoms with Crippen LogP contribution in [0.25, 0.3) is 0 Å². The van der Waals surface area contributed by atoms with Gasteiger partial charge < -0.3 is 10.4 Å². The number of phenols is 1. The molecule has 0 heterocycles. The largest absolute Gasteiger partial charge is 0.507 e. The normalized spacial score (nSPS) is 18.7. The van der Waals surface area contributed by atoms with Gasteiger partial charge in [0.05, 0.1) is 0 Å². The van der Waals surface area contributed by atoms with Gasteiger partial charge in [0, 0.05) is 12.1 Å². The second kappa shape index (κ2) is 5.87. The average Bonchev–Trinajstić information content (AvgIpc) is 2.23. The smallest absolute Gasteiger partial charge is 0.121 e. The van der Waals surface area contributed by atoms with Crippen molar-refractivity contribution in [2.45, 2.75) is 52.1 Å². The molecular weight excluding hydrogens is 278 g/mol. The van der Waals surface area contributed by atoms with Crippen LogP contribution in [-0.4, -0.2) is 17.2 Å². The van der Waals surface area contributed by atoms with Crippen molar-refractivity contribution in [3.05, 3.63) is 28.8 Å². The Morgan fingerprint density at radius 3 is 2.71 bits per heavy atom. The lowest BCUT2D eigenvalue weighted by Gasteiger charge is -2.28. The standard InChI is InChI=1S/C14H21NO.BrH/c1-9(2)15-12-6-7-13-11(8-12)5-4-10(3)14(13)16;/h4-5,9,12,15-16H,6-8H2,1-3H3;1H. The summed E-state index contributed by atoms with van der Waals surface area (Å²) in [6, 6.07) is 5.28. The highest BCUT2D eigenvalue weighted by Gasteiger charge is 2.21.